The third-order valence-electron chi connectivity index (χ3n) is 4.02. The Bertz CT molecular complexity index is 1020. The summed E-state index contributed by atoms with van der Waals surface area (Å²) in [5, 5.41) is 2.99. The Morgan fingerprint density at radius 1 is 1.16 bits per heavy atom. The van der Waals surface area contributed by atoms with Gasteiger partial charge in [-0.25, -0.2) is 13.4 Å². The fourth-order valence-corrected chi connectivity index (χ4v) is 4.48. The van der Waals surface area contributed by atoms with Crippen molar-refractivity contribution in [2.75, 3.05) is 11.3 Å². The van der Waals surface area contributed by atoms with Gasteiger partial charge in [-0.05, 0) is 42.8 Å². The van der Waals surface area contributed by atoms with Gasteiger partial charge in [0.05, 0.1) is 22.2 Å². The minimum Gasteiger partial charge on any atom is -0.493 e. The fraction of sp³-hybridized carbons (Fsp3) is 0.167. The van der Waals surface area contributed by atoms with Crippen molar-refractivity contribution in [3.05, 3.63) is 58.4 Å². The lowest BCUT2D eigenvalue weighted by atomic mass is 10.1. The first-order valence-corrected chi connectivity index (χ1v) is 10.2. The minimum atomic E-state index is -3.63. The van der Waals surface area contributed by atoms with Crippen LogP contribution >= 0.6 is 11.3 Å². The Hall–Kier alpha value is -2.38. The Balaban J connectivity index is 1.56. The number of aromatic nitrogens is 1. The van der Waals surface area contributed by atoms with Crippen LogP contribution in [0.15, 0.2) is 52.7 Å². The van der Waals surface area contributed by atoms with Crippen LogP contribution in [0.5, 0.6) is 5.75 Å². The van der Waals surface area contributed by atoms with Crippen LogP contribution in [0.4, 0.5) is 5.69 Å². The number of nitrogens with zero attached hydrogens (tertiary/aromatic N) is 1. The number of ether oxygens (including phenoxy) is 1. The standard InChI is InChI=1S/C18H16N2O3S2/c1-12-19-17(11-24-12)13-2-4-15(5-3-13)20-25(21,22)16-6-7-18-14(10-16)8-9-23-18/h2-7,10-11,20H,8-9H2,1H3. The highest BCUT2D eigenvalue weighted by molar-refractivity contribution is 7.92. The van der Waals surface area contributed by atoms with E-state index in [0.717, 1.165) is 34.0 Å². The molecule has 1 aromatic heterocycles. The first-order valence-electron chi connectivity index (χ1n) is 7.82. The molecular weight excluding hydrogens is 356 g/mol. The molecule has 0 amide bonds. The molecule has 0 aliphatic carbocycles. The highest BCUT2D eigenvalue weighted by Gasteiger charge is 2.19. The summed E-state index contributed by atoms with van der Waals surface area (Å²) in [5.41, 5.74) is 3.31. The summed E-state index contributed by atoms with van der Waals surface area (Å²) >= 11 is 1.59. The second kappa shape index (κ2) is 6.16. The number of sulfonamides is 1. The van der Waals surface area contributed by atoms with Crippen LogP contribution in [-0.4, -0.2) is 20.0 Å². The van der Waals surface area contributed by atoms with E-state index in [1.165, 1.54) is 0 Å². The predicted molar refractivity (Wildman–Crippen MR) is 98.7 cm³/mol. The van der Waals surface area contributed by atoms with E-state index in [1.54, 1.807) is 41.7 Å². The van der Waals surface area contributed by atoms with Gasteiger partial charge >= 0.3 is 0 Å². The summed E-state index contributed by atoms with van der Waals surface area (Å²) in [7, 11) is -3.63. The maximum Gasteiger partial charge on any atom is 0.261 e. The first-order chi connectivity index (χ1) is 12.0. The molecule has 4 rings (SSSR count). The molecule has 0 fully saturated rings. The van der Waals surface area contributed by atoms with E-state index in [2.05, 4.69) is 9.71 Å². The van der Waals surface area contributed by atoms with Crippen LogP contribution in [0.3, 0.4) is 0 Å². The SMILES string of the molecule is Cc1nc(-c2ccc(NS(=O)(=O)c3ccc4c(c3)CCO4)cc2)cs1. The van der Waals surface area contributed by atoms with Crippen LogP contribution in [-0.2, 0) is 16.4 Å². The number of nitrogens with one attached hydrogen (secondary N) is 1. The van der Waals surface area contributed by atoms with Crippen LogP contribution in [0, 0.1) is 6.92 Å². The van der Waals surface area contributed by atoms with E-state index in [9.17, 15) is 8.42 Å². The average Bonchev–Trinajstić information content (AvgIpc) is 3.23. The molecule has 7 heteroatoms. The van der Waals surface area contributed by atoms with E-state index in [-0.39, 0.29) is 4.90 Å². The number of benzene rings is 2. The molecule has 128 valence electrons. The molecule has 0 saturated carbocycles. The van der Waals surface area contributed by atoms with E-state index in [4.69, 9.17) is 4.74 Å². The maximum absolute atomic E-state index is 12.6. The van der Waals surface area contributed by atoms with E-state index >= 15 is 0 Å². The molecule has 0 radical (unpaired) electrons. The quantitative estimate of drug-likeness (QED) is 0.755. The molecule has 0 unspecified atom stereocenters. The predicted octanol–water partition coefficient (Wildman–Crippen LogP) is 3.85. The molecule has 0 saturated heterocycles. The Morgan fingerprint density at radius 2 is 1.96 bits per heavy atom. The van der Waals surface area contributed by atoms with Gasteiger partial charge in [0.1, 0.15) is 5.75 Å². The minimum absolute atomic E-state index is 0.246. The molecule has 1 aliphatic heterocycles. The van der Waals surface area contributed by atoms with Gasteiger partial charge in [-0.3, -0.25) is 4.72 Å². The highest BCUT2D eigenvalue weighted by atomic mass is 32.2. The summed E-state index contributed by atoms with van der Waals surface area (Å²) in [6.45, 7) is 2.56. The van der Waals surface area contributed by atoms with Gasteiger partial charge in [-0.2, -0.15) is 0 Å². The summed E-state index contributed by atoms with van der Waals surface area (Å²) in [4.78, 5) is 4.68. The van der Waals surface area contributed by atoms with Crippen molar-refractivity contribution < 1.29 is 13.2 Å². The lowest BCUT2D eigenvalue weighted by Gasteiger charge is -2.09. The van der Waals surface area contributed by atoms with Crippen LogP contribution in [0.1, 0.15) is 10.6 Å². The molecule has 0 atom stereocenters. The molecule has 1 N–H and O–H groups in total. The smallest absolute Gasteiger partial charge is 0.261 e. The van der Waals surface area contributed by atoms with Crippen LogP contribution < -0.4 is 9.46 Å². The van der Waals surface area contributed by atoms with E-state index in [1.807, 2.05) is 24.4 Å². The second-order valence-electron chi connectivity index (χ2n) is 5.80. The number of thiazole rings is 1. The molecule has 5 nitrogen and oxygen atoms in total. The number of aryl methyl sites for hydroxylation is 1. The number of hydrogen-bond donors (Lipinski definition) is 1. The van der Waals surface area contributed by atoms with Crippen molar-refractivity contribution in [1.29, 1.82) is 0 Å². The Morgan fingerprint density at radius 3 is 2.68 bits per heavy atom. The van der Waals surface area contributed by atoms with Gasteiger partial charge in [0.15, 0.2) is 0 Å². The van der Waals surface area contributed by atoms with Crippen molar-refractivity contribution in [2.45, 2.75) is 18.2 Å². The van der Waals surface area contributed by atoms with Crippen molar-refractivity contribution >= 4 is 27.0 Å². The van der Waals surface area contributed by atoms with Gasteiger partial charge in [0.25, 0.3) is 10.0 Å². The molecule has 2 heterocycles. The first kappa shape index (κ1) is 16.1. The monoisotopic (exact) mass is 372 g/mol. The molecular formula is C18H16N2O3S2. The Labute approximate surface area is 150 Å². The number of rotatable bonds is 4. The number of hydrogen-bond acceptors (Lipinski definition) is 5. The van der Waals surface area contributed by atoms with Crippen LogP contribution in [0.25, 0.3) is 11.3 Å². The summed E-state index contributed by atoms with van der Waals surface area (Å²) < 4.78 is 33.2. The molecule has 2 aromatic carbocycles. The normalized spacial score (nSPS) is 13.3. The van der Waals surface area contributed by atoms with Gasteiger partial charge < -0.3 is 4.74 Å². The highest BCUT2D eigenvalue weighted by Crippen LogP contribution is 2.29. The third kappa shape index (κ3) is 3.25. The summed E-state index contributed by atoms with van der Waals surface area (Å²) in [5.74, 6) is 0.766. The summed E-state index contributed by atoms with van der Waals surface area (Å²) in [6, 6.07) is 12.2. The number of anilines is 1. The lowest BCUT2D eigenvalue weighted by Crippen LogP contribution is -2.13. The van der Waals surface area contributed by atoms with Gasteiger partial charge in [0.2, 0.25) is 0 Å². The van der Waals surface area contributed by atoms with Gasteiger partial charge in [0, 0.05) is 23.1 Å². The van der Waals surface area contributed by atoms with Crippen molar-refractivity contribution in [3.8, 4) is 17.0 Å². The molecule has 1 aliphatic rings. The van der Waals surface area contributed by atoms with Crippen molar-refractivity contribution in [3.63, 3.8) is 0 Å². The van der Waals surface area contributed by atoms with Crippen LogP contribution in [0.2, 0.25) is 0 Å². The molecule has 0 bridgehead atoms. The average molecular weight is 372 g/mol. The zero-order valence-corrected chi connectivity index (χ0v) is 15.2. The second-order valence-corrected chi connectivity index (χ2v) is 8.55. The van der Waals surface area contributed by atoms with Crippen molar-refractivity contribution in [2.24, 2.45) is 0 Å². The van der Waals surface area contributed by atoms with E-state index < -0.39 is 10.0 Å². The maximum atomic E-state index is 12.6. The topological polar surface area (TPSA) is 68.3 Å². The Kier molecular flexibility index (Phi) is 3.97. The zero-order chi connectivity index (χ0) is 17.4. The summed E-state index contributed by atoms with van der Waals surface area (Å²) in [6.07, 6.45) is 0.737. The van der Waals surface area contributed by atoms with Gasteiger partial charge in [-0.1, -0.05) is 12.1 Å². The molecule has 0 spiro atoms. The zero-order valence-electron chi connectivity index (χ0n) is 13.5. The third-order valence-corrected chi connectivity index (χ3v) is 6.18. The molecule has 25 heavy (non-hydrogen) atoms. The van der Waals surface area contributed by atoms with E-state index in [0.29, 0.717) is 12.3 Å². The lowest BCUT2D eigenvalue weighted by molar-refractivity contribution is 0.356. The fourth-order valence-electron chi connectivity index (χ4n) is 2.75. The van der Waals surface area contributed by atoms with Crippen molar-refractivity contribution in [1.82, 2.24) is 4.98 Å². The number of fused-ring (bicyclic) bond motifs is 1. The van der Waals surface area contributed by atoms with Gasteiger partial charge in [-0.15, -0.1) is 11.3 Å². The largest absolute Gasteiger partial charge is 0.493 e. The molecule has 3 aromatic rings.